The van der Waals surface area contributed by atoms with Crippen LogP contribution in [0.15, 0.2) is 24.3 Å². The third-order valence-electron chi connectivity index (χ3n) is 1.42. The van der Waals surface area contributed by atoms with Crippen molar-refractivity contribution in [2.24, 2.45) is 0 Å². The molecule has 1 aromatic carbocycles. The third kappa shape index (κ3) is 2.37. The van der Waals surface area contributed by atoms with E-state index in [0.29, 0.717) is 5.56 Å². The summed E-state index contributed by atoms with van der Waals surface area (Å²) in [5.41, 5.74) is 8.46. The van der Waals surface area contributed by atoms with Crippen LogP contribution in [0.25, 0.3) is 5.53 Å². The van der Waals surface area contributed by atoms with E-state index < -0.39 is 5.97 Å². The number of carboxylic acid groups (broad SMARTS) is 1. The number of rotatable bonds is 2. The van der Waals surface area contributed by atoms with Crippen molar-refractivity contribution < 1.29 is 14.7 Å². The highest BCUT2D eigenvalue weighted by Crippen LogP contribution is 2.06. The van der Waals surface area contributed by atoms with Crippen LogP contribution < -0.4 is 0 Å². The van der Waals surface area contributed by atoms with Gasteiger partial charge in [-0.15, -0.1) is 0 Å². The summed E-state index contributed by atoms with van der Waals surface area (Å²) < 4.78 is 0.990. The van der Waals surface area contributed by atoms with Crippen LogP contribution in [0.4, 0.5) is 0 Å². The van der Waals surface area contributed by atoms with Crippen LogP contribution >= 0.6 is 22.6 Å². The Labute approximate surface area is 88.0 Å². The molecular weight excluding hydrogens is 283 g/mol. The normalized spacial score (nSPS) is 9.00. The van der Waals surface area contributed by atoms with Gasteiger partial charge in [0.15, 0.2) is 0 Å². The number of carboxylic acids is 1. The first-order valence-corrected chi connectivity index (χ1v) is 4.44. The van der Waals surface area contributed by atoms with Gasteiger partial charge in [0.2, 0.25) is 0 Å². The standard InChI is InChI=1S/C8H5IN2O2/c9-6-3-1-5(2-4-6)7(11-10)8(12)13/h1-4H,(H,12,13). The Bertz CT molecular complexity index is 380. The topological polar surface area (TPSA) is 73.7 Å². The minimum absolute atomic E-state index is 0.351. The molecule has 5 heteroatoms. The Morgan fingerprint density at radius 1 is 1.38 bits per heavy atom. The Morgan fingerprint density at radius 2 is 1.92 bits per heavy atom. The summed E-state index contributed by atoms with van der Waals surface area (Å²) in [5, 5.41) is 8.60. The van der Waals surface area contributed by atoms with E-state index in [9.17, 15) is 4.79 Å². The van der Waals surface area contributed by atoms with Gasteiger partial charge in [0.25, 0.3) is 0 Å². The molecule has 0 aliphatic rings. The molecule has 0 aliphatic heterocycles. The smallest absolute Gasteiger partial charge is 0.419 e. The molecular formula is C8H5IN2O2. The Kier molecular flexibility index (Phi) is 3.16. The lowest BCUT2D eigenvalue weighted by Gasteiger charge is -1.91. The van der Waals surface area contributed by atoms with Gasteiger partial charge in [-0.05, 0) is 46.9 Å². The van der Waals surface area contributed by atoms with E-state index in [0.717, 1.165) is 3.57 Å². The summed E-state index contributed by atoms with van der Waals surface area (Å²) in [7, 11) is 0. The van der Waals surface area contributed by atoms with Crippen molar-refractivity contribution >= 4 is 34.3 Å². The van der Waals surface area contributed by atoms with Gasteiger partial charge in [-0.25, -0.2) is 4.79 Å². The average Bonchev–Trinajstić information content (AvgIpc) is 2.09. The summed E-state index contributed by atoms with van der Waals surface area (Å²) in [4.78, 5) is 13.2. The van der Waals surface area contributed by atoms with E-state index >= 15 is 0 Å². The number of carbonyl (C=O) groups is 1. The molecule has 0 atom stereocenters. The molecule has 1 N–H and O–H groups in total. The monoisotopic (exact) mass is 288 g/mol. The third-order valence-corrected chi connectivity index (χ3v) is 2.14. The molecule has 13 heavy (non-hydrogen) atoms. The summed E-state index contributed by atoms with van der Waals surface area (Å²) >= 11 is 2.10. The summed E-state index contributed by atoms with van der Waals surface area (Å²) in [6, 6.07) is 6.66. The van der Waals surface area contributed by atoms with Gasteiger partial charge >= 0.3 is 11.7 Å². The van der Waals surface area contributed by atoms with Crippen molar-refractivity contribution in [3.63, 3.8) is 0 Å². The largest absolute Gasteiger partial charge is 0.472 e. The van der Waals surface area contributed by atoms with E-state index in [4.69, 9.17) is 10.6 Å². The number of halogens is 1. The molecule has 0 unspecified atom stereocenters. The maximum absolute atomic E-state index is 10.5. The van der Waals surface area contributed by atoms with Crippen LogP contribution in [-0.4, -0.2) is 21.6 Å². The highest BCUT2D eigenvalue weighted by Gasteiger charge is 2.20. The van der Waals surface area contributed by atoms with Crippen LogP contribution in [-0.2, 0) is 4.79 Å². The summed E-state index contributed by atoms with van der Waals surface area (Å²) in [6.07, 6.45) is 0. The van der Waals surface area contributed by atoms with Gasteiger partial charge in [-0.2, -0.15) is 4.79 Å². The molecule has 1 aromatic rings. The molecule has 0 amide bonds. The van der Waals surface area contributed by atoms with E-state index in [1.165, 1.54) is 0 Å². The predicted octanol–water partition coefficient (Wildman–Crippen LogP) is 1.39. The molecule has 0 aliphatic carbocycles. The Hall–Kier alpha value is -1.20. The average molecular weight is 288 g/mol. The highest BCUT2D eigenvalue weighted by atomic mass is 127. The molecule has 1 rings (SSSR count). The maximum atomic E-state index is 10.5. The molecule has 0 fully saturated rings. The van der Waals surface area contributed by atoms with E-state index in [1.54, 1.807) is 24.3 Å². The van der Waals surface area contributed by atoms with Crippen LogP contribution in [0.5, 0.6) is 0 Å². The van der Waals surface area contributed by atoms with Crippen LogP contribution in [0.2, 0.25) is 0 Å². The second-order valence-corrected chi connectivity index (χ2v) is 3.51. The number of benzene rings is 1. The van der Waals surface area contributed by atoms with Crippen molar-refractivity contribution in [1.29, 1.82) is 0 Å². The molecule has 0 heterocycles. The van der Waals surface area contributed by atoms with E-state index in [1.807, 2.05) is 0 Å². The van der Waals surface area contributed by atoms with Gasteiger partial charge in [0, 0.05) is 3.57 Å². The fourth-order valence-electron chi connectivity index (χ4n) is 0.832. The van der Waals surface area contributed by atoms with Gasteiger partial charge in [-0.3, -0.25) is 0 Å². The molecule has 0 radical (unpaired) electrons. The highest BCUT2D eigenvalue weighted by molar-refractivity contribution is 14.1. The van der Waals surface area contributed by atoms with Gasteiger partial charge in [-0.1, -0.05) is 0 Å². The molecule has 0 aromatic heterocycles. The quantitative estimate of drug-likeness (QED) is 0.386. The fourth-order valence-corrected chi connectivity index (χ4v) is 1.19. The first-order valence-electron chi connectivity index (χ1n) is 3.36. The Morgan fingerprint density at radius 3 is 2.31 bits per heavy atom. The second-order valence-electron chi connectivity index (χ2n) is 2.26. The van der Waals surface area contributed by atoms with Crippen molar-refractivity contribution in [3.8, 4) is 0 Å². The maximum Gasteiger partial charge on any atom is 0.419 e. The molecule has 0 saturated heterocycles. The van der Waals surface area contributed by atoms with E-state index in [2.05, 4.69) is 27.4 Å². The van der Waals surface area contributed by atoms with Crippen molar-refractivity contribution in [2.45, 2.75) is 0 Å². The van der Waals surface area contributed by atoms with Gasteiger partial charge in [0.05, 0.1) is 5.56 Å². The molecule has 0 saturated carbocycles. The molecule has 0 bridgehead atoms. The SMILES string of the molecule is [N-]=[N+]=C(C(=O)O)c1ccc(I)cc1. The van der Waals surface area contributed by atoms with Crippen LogP contribution in [0.1, 0.15) is 5.56 Å². The van der Waals surface area contributed by atoms with Gasteiger partial charge in [0.1, 0.15) is 0 Å². The zero-order valence-corrected chi connectivity index (χ0v) is 8.59. The van der Waals surface area contributed by atoms with Crippen molar-refractivity contribution in [2.75, 3.05) is 0 Å². The van der Waals surface area contributed by atoms with Gasteiger partial charge < -0.3 is 10.6 Å². The fraction of sp³-hybridized carbons (Fsp3) is 0. The molecule has 66 valence electrons. The molecule has 4 nitrogen and oxygen atoms in total. The second kappa shape index (κ2) is 4.15. The van der Waals surface area contributed by atoms with Crippen LogP contribution in [0, 0.1) is 3.57 Å². The Balaban J connectivity index is 3.15. The van der Waals surface area contributed by atoms with Crippen molar-refractivity contribution in [1.82, 2.24) is 0 Å². The van der Waals surface area contributed by atoms with Crippen LogP contribution in [0.3, 0.4) is 0 Å². The van der Waals surface area contributed by atoms with Crippen molar-refractivity contribution in [3.05, 3.63) is 38.9 Å². The van der Waals surface area contributed by atoms with E-state index in [-0.39, 0.29) is 5.71 Å². The number of aliphatic carboxylic acids is 1. The number of hydrogen-bond acceptors (Lipinski definition) is 1. The number of nitrogens with zero attached hydrogens (tertiary/aromatic N) is 2. The molecule has 0 spiro atoms. The lowest BCUT2D eigenvalue weighted by Crippen LogP contribution is -2.15. The first-order chi connectivity index (χ1) is 6.15. The number of hydrogen-bond donors (Lipinski definition) is 1. The lowest BCUT2D eigenvalue weighted by molar-refractivity contribution is -0.133. The zero-order valence-electron chi connectivity index (χ0n) is 6.44. The summed E-state index contributed by atoms with van der Waals surface area (Å²) in [5.74, 6) is -1.25. The minimum atomic E-state index is -1.25. The minimum Gasteiger partial charge on any atom is -0.472 e. The lowest BCUT2D eigenvalue weighted by atomic mass is 10.1. The summed E-state index contributed by atoms with van der Waals surface area (Å²) in [6.45, 7) is 0. The predicted molar refractivity (Wildman–Crippen MR) is 54.5 cm³/mol. The zero-order chi connectivity index (χ0) is 9.84. The first kappa shape index (κ1) is 9.88.